The van der Waals surface area contributed by atoms with Crippen molar-refractivity contribution >= 4 is 24.0 Å². The molecular weight excluding hydrogens is 476 g/mol. The van der Waals surface area contributed by atoms with E-state index >= 15 is 0 Å². The Balaban J connectivity index is 1.61. The van der Waals surface area contributed by atoms with Crippen molar-refractivity contribution in [3.05, 3.63) is 41.0 Å². The number of nitrogens with zero attached hydrogens (tertiary/aromatic N) is 1. The maximum atomic E-state index is 13.2. The van der Waals surface area contributed by atoms with Crippen LogP contribution in [0.2, 0.25) is 0 Å². The van der Waals surface area contributed by atoms with Crippen molar-refractivity contribution in [2.45, 2.75) is 57.5 Å². The van der Waals surface area contributed by atoms with E-state index < -0.39 is 23.9 Å². The minimum atomic E-state index is -0.990. The molecule has 1 heterocycles. The molecule has 2 aliphatic rings. The minimum absolute atomic E-state index is 0.116. The Hall–Kier alpha value is -3.24. The zero-order valence-corrected chi connectivity index (χ0v) is 21.5. The van der Waals surface area contributed by atoms with Crippen molar-refractivity contribution in [1.29, 1.82) is 0 Å². The molecule has 1 aliphatic carbocycles. The van der Waals surface area contributed by atoms with Crippen LogP contribution in [0.3, 0.4) is 0 Å². The summed E-state index contributed by atoms with van der Waals surface area (Å²) in [5.74, 6) is -1.18. The zero-order chi connectivity index (χ0) is 26.6. The maximum Gasteiger partial charge on any atom is 0.243 e. The van der Waals surface area contributed by atoms with Gasteiger partial charge < -0.3 is 30.6 Å². The van der Waals surface area contributed by atoms with Gasteiger partial charge in [-0.05, 0) is 49.3 Å². The van der Waals surface area contributed by atoms with Crippen molar-refractivity contribution in [3.63, 3.8) is 0 Å². The van der Waals surface area contributed by atoms with Gasteiger partial charge in [0.2, 0.25) is 17.7 Å². The largest absolute Gasteiger partial charge is 0.508 e. The molecule has 3 rings (SSSR count). The Morgan fingerprint density at radius 1 is 1.14 bits per heavy atom. The molecule has 1 unspecified atom stereocenters. The summed E-state index contributed by atoms with van der Waals surface area (Å²) in [5.41, 5.74) is 2.58. The van der Waals surface area contributed by atoms with Gasteiger partial charge in [0.15, 0.2) is 0 Å². The molecule has 2 atom stereocenters. The zero-order valence-electron chi connectivity index (χ0n) is 21.5. The molecule has 0 saturated carbocycles. The second kappa shape index (κ2) is 14.5. The number of allylic oxidation sites excluding steroid dienone is 1. The van der Waals surface area contributed by atoms with E-state index in [-0.39, 0.29) is 31.2 Å². The fourth-order valence-corrected chi connectivity index (χ4v) is 4.54. The first-order valence-electron chi connectivity index (χ1n) is 13.0. The number of aromatic hydroxyl groups is 1. The summed E-state index contributed by atoms with van der Waals surface area (Å²) in [7, 11) is 0. The first kappa shape index (κ1) is 28.3. The number of hydrogen-bond donors (Lipinski definition) is 4. The lowest BCUT2D eigenvalue weighted by Gasteiger charge is -2.25. The number of ether oxygens (including phenoxy) is 1. The number of rotatable bonds is 13. The summed E-state index contributed by atoms with van der Waals surface area (Å²) in [6.07, 6.45) is 6.96. The van der Waals surface area contributed by atoms with Gasteiger partial charge in [0.25, 0.3) is 0 Å². The number of phenolic OH excluding ortho intramolecular Hbond substituents is 1. The summed E-state index contributed by atoms with van der Waals surface area (Å²) in [6.45, 7) is 4.26. The molecule has 0 spiro atoms. The van der Waals surface area contributed by atoms with Gasteiger partial charge >= 0.3 is 0 Å². The van der Waals surface area contributed by atoms with Crippen LogP contribution in [0.1, 0.15) is 43.7 Å². The molecule has 10 nitrogen and oxygen atoms in total. The third-order valence-electron chi connectivity index (χ3n) is 6.65. The number of benzene rings is 1. The van der Waals surface area contributed by atoms with Crippen LogP contribution in [0.5, 0.6) is 5.75 Å². The number of carbonyl (C=O) groups is 4. The van der Waals surface area contributed by atoms with Crippen LogP contribution in [-0.2, 0) is 36.8 Å². The number of aryl methyl sites for hydroxylation is 1. The van der Waals surface area contributed by atoms with Gasteiger partial charge in [-0.25, -0.2) is 0 Å². The monoisotopic (exact) mass is 514 g/mol. The van der Waals surface area contributed by atoms with E-state index in [4.69, 9.17) is 4.74 Å². The number of phenols is 1. The molecule has 0 bridgehead atoms. The summed E-state index contributed by atoms with van der Waals surface area (Å²) in [5, 5.41) is 18.3. The number of nitrogens with one attached hydrogen (secondary N) is 3. The Morgan fingerprint density at radius 2 is 1.92 bits per heavy atom. The van der Waals surface area contributed by atoms with Crippen LogP contribution in [0.15, 0.2) is 29.8 Å². The molecule has 1 saturated heterocycles. The van der Waals surface area contributed by atoms with Gasteiger partial charge in [-0.3, -0.25) is 19.3 Å². The normalized spacial score (nSPS) is 17.4. The SMILES string of the molecule is CCc1ccc(CC(NC(=O)CNC(=O)CN2CCOCC2)C(=O)N[C@H](C=O)CC2=CCCC2)cc1O. The Bertz CT molecular complexity index is 989. The fourth-order valence-electron chi connectivity index (χ4n) is 4.54. The highest BCUT2D eigenvalue weighted by molar-refractivity contribution is 5.91. The highest BCUT2D eigenvalue weighted by atomic mass is 16.5. The molecule has 1 aromatic carbocycles. The van der Waals surface area contributed by atoms with E-state index in [0.29, 0.717) is 51.0 Å². The van der Waals surface area contributed by atoms with Crippen LogP contribution in [0.4, 0.5) is 0 Å². The highest BCUT2D eigenvalue weighted by Gasteiger charge is 2.25. The predicted octanol–water partition coefficient (Wildman–Crippen LogP) is 0.614. The number of amides is 3. The lowest BCUT2D eigenvalue weighted by atomic mass is 10.0. The van der Waals surface area contributed by atoms with Gasteiger partial charge in [0.05, 0.1) is 32.3 Å². The van der Waals surface area contributed by atoms with Crippen LogP contribution in [-0.4, -0.2) is 85.5 Å². The Kier molecular flexibility index (Phi) is 11.1. The summed E-state index contributed by atoms with van der Waals surface area (Å²) in [4.78, 5) is 51.7. The van der Waals surface area contributed by atoms with E-state index in [0.717, 1.165) is 30.4 Å². The van der Waals surface area contributed by atoms with E-state index in [1.165, 1.54) is 0 Å². The second-order valence-electron chi connectivity index (χ2n) is 9.52. The molecule has 0 aromatic heterocycles. The molecule has 1 aliphatic heterocycles. The number of hydrogen-bond acceptors (Lipinski definition) is 7. The van der Waals surface area contributed by atoms with Crippen molar-refractivity contribution in [3.8, 4) is 5.75 Å². The number of aldehydes is 1. The highest BCUT2D eigenvalue weighted by Crippen LogP contribution is 2.22. The van der Waals surface area contributed by atoms with Crippen molar-refractivity contribution in [2.75, 3.05) is 39.4 Å². The second-order valence-corrected chi connectivity index (χ2v) is 9.52. The Labute approximate surface area is 217 Å². The third-order valence-corrected chi connectivity index (χ3v) is 6.65. The number of morpholine rings is 1. The van der Waals surface area contributed by atoms with Crippen molar-refractivity contribution < 1.29 is 29.0 Å². The fraction of sp³-hybridized carbons (Fsp3) is 0.556. The summed E-state index contributed by atoms with van der Waals surface area (Å²) < 4.78 is 5.27. The Morgan fingerprint density at radius 3 is 2.57 bits per heavy atom. The van der Waals surface area contributed by atoms with E-state index in [1.807, 2.05) is 11.8 Å². The van der Waals surface area contributed by atoms with Crippen LogP contribution < -0.4 is 16.0 Å². The lowest BCUT2D eigenvalue weighted by Crippen LogP contribution is -2.53. The first-order valence-corrected chi connectivity index (χ1v) is 13.0. The minimum Gasteiger partial charge on any atom is -0.508 e. The smallest absolute Gasteiger partial charge is 0.243 e. The topological polar surface area (TPSA) is 137 Å². The molecule has 1 fully saturated rings. The van der Waals surface area contributed by atoms with Gasteiger partial charge in [0.1, 0.15) is 18.1 Å². The molecule has 37 heavy (non-hydrogen) atoms. The van der Waals surface area contributed by atoms with Gasteiger partial charge in [-0.15, -0.1) is 0 Å². The molecule has 1 aromatic rings. The molecular formula is C27H38N4O6. The third kappa shape index (κ3) is 9.29. The molecule has 3 amide bonds. The van der Waals surface area contributed by atoms with E-state index in [2.05, 4.69) is 22.0 Å². The molecule has 10 heteroatoms. The lowest BCUT2D eigenvalue weighted by molar-refractivity contribution is -0.131. The summed E-state index contributed by atoms with van der Waals surface area (Å²) >= 11 is 0. The number of carbonyl (C=O) groups excluding carboxylic acids is 4. The van der Waals surface area contributed by atoms with Gasteiger partial charge in [-0.1, -0.05) is 30.7 Å². The average molecular weight is 515 g/mol. The molecule has 202 valence electrons. The molecule has 4 N–H and O–H groups in total. The summed E-state index contributed by atoms with van der Waals surface area (Å²) in [6, 6.07) is 3.48. The van der Waals surface area contributed by atoms with Gasteiger partial charge in [0, 0.05) is 19.5 Å². The molecule has 0 radical (unpaired) electrons. The standard InChI is InChI=1S/C27H38N4O6/c1-2-21-8-7-20(15-24(21)33)14-23(27(36)29-22(18-32)13-19-5-3-4-6-19)30-25(34)16-28-26(35)17-31-9-11-37-12-10-31/h5,7-8,15,18,22-23,33H,2-4,6,9-14,16-17H2,1H3,(H,28,35)(H,29,36)(H,30,34)/t22-,23?/m0/s1. The quantitative estimate of drug-likeness (QED) is 0.224. The average Bonchev–Trinajstić information content (AvgIpc) is 3.40. The van der Waals surface area contributed by atoms with E-state index in [9.17, 15) is 24.3 Å². The van der Waals surface area contributed by atoms with Crippen LogP contribution >= 0.6 is 0 Å². The first-order chi connectivity index (χ1) is 17.9. The van der Waals surface area contributed by atoms with Crippen molar-refractivity contribution in [2.24, 2.45) is 0 Å². The predicted molar refractivity (Wildman–Crippen MR) is 138 cm³/mol. The van der Waals surface area contributed by atoms with Crippen molar-refractivity contribution in [1.82, 2.24) is 20.9 Å². The maximum absolute atomic E-state index is 13.2. The van der Waals surface area contributed by atoms with E-state index in [1.54, 1.807) is 18.2 Å². The van der Waals surface area contributed by atoms with Crippen LogP contribution in [0.25, 0.3) is 0 Å². The van der Waals surface area contributed by atoms with Gasteiger partial charge in [-0.2, -0.15) is 0 Å². The van der Waals surface area contributed by atoms with Crippen LogP contribution in [0, 0.1) is 0 Å².